The zero-order chi connectivity index (χ0) is 14.2. The maximum Gasteiger partial charge on any atom is 0.0692 e. The van der Waals surface area contributed by atoms with Gasteiger partial charge in [0.15, 0.2) is 0 Å². The molecule has 0 aromatic heterocycles. The summed E-state index contributed by atoms with van der Waals surface area (Å²) in [7, 11) is 2.13. The second-order valence-corrected chi connectivity index (χ2v) is 7.17. The summed E-state index contributed by atoms with van der Waals surface area (Å²) in [5, 5.41) is 3.52. The van der Waals surface area contributed by atoms with Gasteiger partial charge in [-0.15, -0.1) is 0 Å². The average Bonchev–Trinajstić information content (AvgIpc) is 2.77. The van der Waals surface area contributed by atoms with E-state index < -0.39 is 0 Å². The molecule has 3 aliphatic rings. The van der Waals surface area contributed by atoms with E-state index in [-0.39, 0.29) is 5.60 Å². The number of hydrogen-bond donors (Lipinski definition) is 1. The fourth-order valence-corrected chi connectivity index (χ4v) is 5.04. The number of hydrogen-bond acceptors (Lipinski definition) is 3. The highest BCUT2D eigenvalue weighted by Gasteiger charge is 2.46. The first-order chi connectivity index (χ1) is 9.71. The molecule has 3 heteroatoms. The molecular formula is C17H32N2O. The molecule has 0 amide bonds. The lowest BCUT2D eigenvalue weighted by Crippen LogP contribution is -2.56. The third-order valence-corrected chi connectivity index (χ3v) is 6.38. The van der Waals surface area contributed by atoms with E-state index >= 15 is 0 Å². The molecule has 0 aromatic carbocycles. The van der Waals surface area contributed by atoms with E-state index in [1.807, 2.05) is 0 Å². The number of piperidine rings is 1. The van der Waals surface area contributed by atoms with E-state index in [4.69, 9.17) is 4.74 Å². The molecule has 20 heavy (non-hydrogen) atoms. The zero-order valence-electron chi connectivity index (χ0n) is 13.5. The van der Waals surface area contributed by atoms with E-state index in [9.17, 15) is 0 Å². The number of fused-ring (bicyclic) bond motifs is 2. The molecule has 3 unspecified atom stereocenters. The highest BCUT2D eigenvalue weighted by Crippen LogP contribution is 2.42. The van der Waals surface area contributed by atoms with Crippen molar-refractivity contribution in [2.45, 2.75) is 95.0 Å². The molecule has 3 saturated heterocycles. The molecule has 3 aliphatic heterocycles. The van der Waals surface area contributed by atoms with Crippen LogP contribution in [0.3, 0.4) is 0 Å². The Labute approximate surface area is 124 Å². The highest BCUT2D eigenvalue weighted by molar-refractivity contribution is 5.02. The van der Waals surface area contributed by atoms with E-state index in [2.05, 4.69) is 31.1 Å². The molecule has 0 radical (unpaired) electrons. The number of ether oxygens (including phenoxy) is 1. The summed E-state index contributed by atoms with van der Waals surface area (Å²) in [6.45, 7) is 5.57. The second-order valence-electron chi connectivity index (χ2n) is 7.17. The van der Waals surface area contributed by atoms with Crippen molar-refractivity contribution >= 4 is 0 Å². The lowest BCUT2D eigenvalue weighted by molar-refractivity contribution is -0.120. The first-order valence-corrected chi connectivity index (χ1v) is 8.80. The molecule has 0 spiro atoms. The Hall–Kier alpha value is -0.120. The Kier molecular flexibility index (Phi) is 4.40. The predicted octanol–water partition coefficient (Wildman–Crippen LogP) is 2.94. The van der Waals surface area contributed by atoms with Gasteiger partial charge in [-0.25, -0.2) is 0 Å². The van der Waals surface area contributed by atoms with Gasteiger partial charge in [-0.2, -0.15) is 0 Å². The van der Waals surface area contributed by atoms with Crippen LogP contribution in [0.15, 0.2) is 0 Å². The van der Waals surface area contributed by atoms with Gasteiger partial charge in [0.05, 0.1) is 5.60 Å². The highest BCUT2D eigenvalue weighted by atomic mass is 16.5. The van der Waals surface area contributed by atoms with Gasteiger partial charge in [-0.05, 0) is 58.4 Å². The Balaban J connectivity index is 1.70. The van der Waals surface area contributed by atoms with E-state index in [0.717, 1.165) is 30.8 Å². The van der Waals surface area contributed by atoms with Crippen LogP contribution in [0.1, 0.15) is 65.2 Å². The monoisotopic (exact) mass is 280 g/mol. The Morgan fingerprint density at radius 2 is 1.70 bits per heavy atom. The van der Waals surface area contributed by atoms with Crippen molar-refractivity contribution in [3.63, 3.8) is 0 Å². The van der Waals surface area contributed by atoms with Crippen LogP contribution >= 0.6 is 0 Å². The molecule has 116 valence electrons. The Morgan fingerprint density at radius 1 is 1.05 bits per heavy atom. The molecule has 3 nitrogen and oxygen atoms in total. The molecule has 3 rings (SSSR count). The van der Waals surface area contributed by atoms with Crippen LogP contribution in [0.4, 0.5) is 0 Å². The SMILES string of the molecule is CCC1(CC)CC(N2C3CCC2CC(NC)C3)CCO1. The molecule has 1 N–H and O–H groups in total. The third-order valence-electron chi connectivity index (χ3n) is 6.38. The molecule has 0 aliphatic carbocycles. The maximum atomic E-state index is 6.18. The summed E-state index contributed by atoms with van der Waals surface area (Å²) in [5.41, 5.74) is 0.169. The van der Waals surface area contributed by atoms with Gasteiger partial charge < -0.3 is 10.1 Å². The summed E-state index contributed by atoms with van der Waals surface area (Å²) in [4.78, 5) is 2.91. The summed E-state index contributed by atoms with van der Waals surface area (Å²) in [6.07, 6.45) is 10.4. The van der Waals surface area contributed by atoms with Gasteiger partial charge >= 0.3 is 0 Å². The first kappa shape index (κ1) is 14.8. The topological polar surface area (TPSA) is 24.5 Å². The van der Waals surface area contributed by atoms with Crippen LogP contribution in [0.5, 0.6) is 0 Å². The van der Waals surface area contributed by atoms with Crippen LogP contribution in [0, 0.1) is 0 Å². The lowest BCUT2D eigenvalue weighted by Gasteiger charge is -2.49. The van der Waals surface area contributed by atoms with E-state index in [1.54, 1.807) is 0 Å². The van der Waals surface area contributed by atoms with Crippen molar-refractivity contribution in [2.75, 3.05) is 13.7 Å². The van der Waals surface area contributed by atoms with Crippen molar-refractivity contribution < 1.29 is 4.74 Å². The smallest absolute Gasteiger partial charge is 0.0692 e. The largest absolute Gasteiger partial charge is 0.375 e. The molecular weight excluding hydrogens is 248 g/mol. The van der Waals surface area contributed by atoms with Gasteiger partial charge in [-0.3, -0.25) is 4.90 Å². The molecule has 3 heterocycles. The number of nitrogens with zero attached hydrogens (tertiary/aromatic N) is 1. The molecule has 3 fully saturated rings. The minimum atomic E-state index is 0.169. The van der Waals surface area contributed by atoms with E-state index in [0.29, 0.717) is 0 Å². The lowest BCUT2D eigenvalue weighted by atomic mass is 9.83. The van der Waals surface area contributed by atoms with Crippen LogP contribution in [-0.2, 0) is 4.74 Å². The molecule has 0 saturated carbocycles. The van der Waals surface area contributed by atoms with Crippen LogP contribution in [0.25, 0.3) is 0 Å². The van der Waals surface area contributed by atoms with Gasteiger partial charge in [0.2, 0.25) is 0 Å². The summed E-state index contributed by atoms with van der Waals surface area (Å²) in [6, 6.07) is 3.20. The van der Waals surface area contributed by atoms with Gasteiger partial charge in [-0.1, -0.05) is 13.8 Å². The van der Waals surface area contributed by atoms with Gasteiger partial charge in [0, 0.05) is 30.8 Å². The minimum absolute atomic E-state index is 0.169. The number of rotatable bonds is 4. The van der Waals surface area contributed by atoms with Crippen LogP contribution in [0.2, 0.25) is 0 Å². The van der Waals surface area contributed by atoms with Crippen molar-refractivity contribution in [1.29, 1.82) is 0 Å². The molecule has 2 bridgehead atoms. The van der Waals surface area contributed by atoms with Gasteiger partial charge in [0.1, 0.15) is 0 Å². The normalized spacial score (nSPS) is 41.0. The van der Waals surface area contributed by atoms with Crippen molar-refractivity contribution in [1.82, 2.24) is 10.2 Å². The summed E-state index contributed by atoms with van der Waals surface area (Å²) >= 11 is 0. The predicted molar refractivity (Wildman–Crippen MR) is 83.0 cm³/mol. The minimum Gasteiger partial charge on any atom is -0.375 e. The van der Waals surface area contributed by atoms with Gasteiger partial charge in [0.25, 0.3) is 0 Å². The van der Waals surface area contributed by atoms with Crippen molar-refractivity contribution in [3.8, 4) is 0 Å². The van der Waals surface area contributed by atoms with Crippen molar-refractivity contribution in [2.24, 2.45) is 0 Å². The first-order valence-electron chi connectivity index (χ1n) is 8.80. The quantitative estimate of drug-likeness (QED) is 0.857. The standard InChI is InChI=1S/C17H32N2O/c1-4-17(5-2)12-16(8-9-20-17)19-14-6-7-15(19)11-13(10-14)18-3/h13-16,18H,4-12H2,1-3H3. The summed E-state index contributed by atoms with van der Waals surface area (Å²) in [5.74, 6) is 0. The third kappa shape index (κ3) is 2.53. The number of nitrogens with one attached hydrogen (secondary N) is 1. The fraction of sp³-hybridized carbons (Fsp3) is 1.00. The Morgan fingerprint density at radius 3 is 2.25 bits per heavy atom. The van der Waals surface area contributed by atoms with E-state index in [1.165, 1.54) is 51.4 Å². The fourth-order valence-electron chi connectivity index (χ4n) is 5.04. The molecule has 3 atom stereocenters. The second kappa shape index (κ2) is 5.94. The summed E-state index contributed by atoms with van der Waals surface area (Å²) < 4.78 is 6.18. The zero-order valence-corrected chi connectivity index (χ0v) is 13.5. The van der Waals surface area contributed by atoms with Crippen LogP contribution < -0.4 is 5.32 Å². The average molecular weight is 280 g/mol. The van der Waals surface area contributed by atoms with Crippen molar-refractivity contribution in [3.05, 3.63) is 0 Å². The Bertz CT molecular complexity index is 315. The maximum absolute atomic E-state index is 6.18. The van der Waals surface area contributed by atoms with Crippen LogP contribution in [-0.4, -0.2) is 48.3 Å². The molecule has 0 aromatic rings.